The summed E-state index contributed by atoms with van der Waals surface area (Å²) < 4.78 is 7.74. The van der Waals surface area contributed by atoms with E-state index in [1.807, 2.05) is 24.3 Å². The molecule has 0 aliphatic rings. The van der Waals surface area contributed by atoms with E-state index in [1.165, 1.54) is 10.9 Å². The van der Waals surface area contributed by atoms with E-state index in [-0.39, 0.29) is 12.5 Å². The SMILES string of the molecule is O=C(Cn1ncc2c(=O)oc3ccccc3c21)Nc1ccc(Br)cc1. The van der Waals surface area contributed by atoms with Gasteiger partial charge in [0.25, 0.3) is 0 Å². The summed E-state index contributed by atoms with van der Waals surface area (Å²) in [5, 5.41) is 8.10. The van der Waals surface area contributed by atoms with Crippen LogP contribution in [0.2, 0.25) is 0 Å². The van der Waals surface area contributed by atoms with Gasteiger partial charge >= 0.3 is 5.63 Å². The molecule has 124 valence electrons. The molecule has 0 fully saturated rings. The molecular formula is C18H12BrN3O3. The van der Waals surface area contributed by atoms with Crippen molar-refractivity contribution in [1.82, 2.24) is 9.78 Å². The second-order valence-corrected chi connectivity index (χ2v) is 6.42. The Morgan fingerprint density at radius 3 is 2.68 bits per heavy atom. The second-order valence-electron chi connectivity index (χ2n) is 5.51. The lowest BCUT2D eigenvalue weighted by molar-refractivity contribution is -0.116. The Morgan fingerprint density at radius 2 is 1.88 bits per heavy atom. The van der Waals surface area contributed by atoms with Gasteiger partial charge in [0.2, 0.25) is 5.91 Å². The van der Waals surface area contributed by atoms with Gasteiger partial charge in [-0.25, -0.2) is 4.79 Å². The first-order valence-electron chi connectivity index (χ1n) is 7.54. The molecule has 0 aliphatic carbocycles. The molecule has 7 heteroatoms. The lowest BCUT2D eigenvalue weighted by Gasteiger charge is -2.07. The standard InChI is InChI=1S/C18H12BrN3O3/c19-11-5-7-12(8-6-11)21-16(23)10-22-17-13-3-1-2-4-15(13)25-18(24)14(17)9-20-22/h1-9H,10H2,(H,21,23). The Hall–Kier alpha value is -2.93. The molecule has 0 saturated carbocycles. The Bertz CT molecular complexity index is 1150. The summed E-state index contributed by atoms with van der Waals surface area (Å²) in [5.74, 6) is -0.232. The maximum absolute atomic E-state index is 12.3. The molecule has 0 aliphatic heterocycles. The van der Waals surface area contributed by atoms with Crippen LogP contribution in [0.5, 0.6) is 0 Å². The first-order valence-corrected chi connectivity index (χ1v) is 8.34. The number of para-hydroxylation sites is 1. The molecule has 0 unspecified atom stereocenters. The average Bonchev–Trinajstić information content (AvgIpc) is 3.02. The van der Waals surface area contributed by atoms with Gasteiger partial charge in [0.1, 0.15) is 17.5 Å². The molecule has 2 aromatic heterocycles. The fraction of sp³-hybridized carbons (Fsp3) is 0.0556. The van der Waals surface area contributed by atoms with E-state index < -0.39 is 5.63 Å². The third kappa shape index (κ3) is 2.94. The number of aromatic nitrogens is 2. The smallest absolute Gasteiger partial charge is 0.347 e. The van der Waals surface area contributed by atoms with E-state index in [1.54, 1.807) is 24.3 Å². The van der Waals surface area contributed by atoms with Crippen LogP contribution in [-0.2, 0) is 11.3 Å². The highest BCUT2D eigenvalue weighted by Crippen LogP contribution is 2.22. The van der Waals surface area contributed by atoms with Gasteiger partial charge in [-0.3, -0.25) is 9.48 Å². The number of amides is 1. The zero-order valence-corrected chi connectivity index (χ0v) is 14.5. The van der Waals surface area contributed by atoms with Gasteiger partial charge in [-0.05, 0) is 36.4 Å². The summed E-state index contributed by atoms with van der Waals surface area (Å²) in [6, 6.07) is 14.5. The van der Waals surface area contributed by atoms with Crippen LogP contribution < -0.4 is 10.9 Å². The number of nitrogens with one attached hydrogen (secondary N) is 1. The normalized spacial score (nSPS) is 11.1. The molecule has 25 heavy (non-hydrogen) atoms. The van der Waals surface area contributed by atoms with Crippen molar-refractivity contribution in [2.24, 2.45) is 0 Å². The van der Waals surface area contributed by atoms with Crippen molar-refractivity contribution in [1.29, 1.82) is 0 Å². The molecule has 4 rings (SSSR count). The summed E-state index contributed by atoms with van der Waals surface area (Å²) in [7, 11) is 0. The summed E-state index contributed by atoms with van der Waals surface area (Å²) in [5.41, 5.74) is 1.29. The number of benzene rings is 2. The van der Waals surface area contributed by atoms with Crippen LogP contribution in [0.25, 0.3) is 21.9 Å². The van der Waals surface area contributed by atoms with Crippen molar-refractivity contribution in [3.05, 3.63) is 69.6 Å². The third-order valence-corrected chi connectivity index (χ3v) is 4.35. The molecule has 0 spiro atoms. The molecule has 6 nitrogen and oxygen atoms in total. The lowest BCUT2D eigenvalue weighted by Crippen LogP contribution is -2.19. The predicted octanol–water partition coefficient (Wildman–Crippen LogP) is 3.54. The minimum Gasteiger partial charge on any atom is -0.422 e. The number of hydrogen-bond donors (Lipinski definition) is 1. The fourth-order valence-corrected chi connectivity index (χ4v) is 2.98. The molecule has 2 heterocycles. The number of fused-ring (bicyclic) bond motifs is 3. The summed E-state index contributed by atoms with van der Waals surface area (Å²) in [4.78, 5) is 24.4. The zero-order chi connectivity index (χ0) is 17.4. The molecule has 1 N–H and O–H groups in total. The largest absolute Gasteiger partial charge is 0.422 e. The molecule has 0 bridgehead atoms. The van der Waals surface area contributed by atoms with Gasteiger partial charge in [-0.15, -0.1) is 0 Å². The van der Waals surface area contributed by atoms with E-state index in [4.69, 9.17) is 4.42 Å². The Balaban J connectivity index is 1.71. The number of rotatable bonds is 3. The highest BCUT2D eigenvalue weighted by Gasteiger charge is 2.14. The van der Waals surface area contributed by atoms with Crippen LogP contribution in [0.4, 0.5) is 5.69 Å². The Labute approximate surface area is 150 Å². The van der Waals surface area contributed by atoms with Crippen molar-refractivity contribution in [2.75, 3.05) is 5.32 Å². The first kappa shape index (κ1) is 15.6. The van der Waals surface area contributed by atoms with Crippen LogP contribution in [0, 0.1) is 0 Å². The lowest BCUT2D eigenvalue weighted by atomic mass is 10.2. The van der Waals surface area contributed by atoms with Crippen LogP contribution in [0.3, 0.4) is 0 Å². The van der Waals surface area contributed by atoms with Gasteiger partial charge in [0.15, 0.2) is 0 Å². The van der Waals surface area contributed by atoms with E-state index in [9.17, 15) is 9.59 Å². The van der Waals surface area contributed by atoms with E-state index >= 15 is 0 Å². The summed E-state index contributed by atoms with van der Waals surface area (Å²) in [6.45, 7) is -0.00693. The van der Waals surface area contributed by atoms with E-state index in [2.05, 4.69) is 26.3 Å². The highest BCUT2D eigenvalue weighted by atomic mass is 79.9. The third-order valence-electron chi connectivity index (χ3n) is 3.83. The molecule has 0 saturated heterocycles. The number of nitrogens with zero attached hydrogens (tertiary/aromatic N) is 2. The number of carbonyl (C=O) groups excluding carboxylic acids is 1. The van der Waals surface area contributed by atoms with Crippen LogP contribution in [0.15, 0.2) is 68.4 Å². The molecule has 1 amide bonds. The maximum atomic E-state index is 12.3. The van der Waals surface area contributed by atoms with Gasteiger partial charge < -0.3 is 9.73 Å². The number of anilines is 1. The molecule has 4 aromatic rings. The predicted molar refractivity (Wildman–Crippen MR) is 98.5 cm³/mol. The van der Waals surface area contributed by atoms with Crippen molar-refractivity contribution in [2.45, 2.75) is 6.54 Å². The van der Waals surface area contributed by atoms with Gasteiger partial charge in [0.05, 0.1) is 11.7 Å². The molecule has 0 atom stereocenters. The minimum absolute atomic E-state index is 0.00693. The van der Waals surface area contributed by atoms with Gasteiger partial charge in [0, 0.05) is 15.5 Å². The number of carbonyl (C=O) groups is 1. The van der Waals surface area contributed by atoms with Crippen molar-refractivity contribution >= 4 is 49.4 Å². The maximum Gasteiger partial charge on any atom is 0.347 e. The quantitative estimate of drug-likeness (QED) is 0.536. The fourth-order valence-electron chi connectivity index (χ4n) is 2.71. The molecule has 2 aromatic carbocycles. The Morgan fingerprint density at radius 1 is 1.12 bits per heavy atom. The van der Waals surface area contributed by atoms with Crippen LogP contribution >= 0.6 is 15.9 Å². The number of halogens is 1. The zero-order valence-electron chi connectivity index (χ0n) is 12.9. The monoisotopic (exact) mass is 397 g/mol. The average molecular weight is 398 g/mol. The van der Waals surface area contributed by atoms with Crippen LogP contribution in [0.1, 0.15) is 0 Å². The second kappa shape index (κ2) is 6.18. The van der Waals surface area contributed by atoms with Crippen molar-refractivity contribution in [3.63, 3.8) is 0 Å². The van der Waals surface area contributed by atoms with E-state index in [0.29, 0.717) is 22.2 Å². The summed E-state index contributed by atoms with van der Waals surface area (Å²) >= 11 is 3.35. The summed E-state index contributed by atoms with van der Waals surface area (Å²) in [6.07, 6.45) is 1.43. The van der Waals surface area contributed by atoms with E-state index in [0.717, 1.165) is 9.86 Å². The highest BCUT2D eigenvalue weighted by molar-refractivity contribution is 9.10. The Kier molecular flexibility index (Phi) is 3.85. The van der Waals surface area contributed by atoms with Crippen molar-refractivity contribution < 1.29 is 9.21 Å². The topological polar surface area (TPSA) is 77.1 Å². The van der Waals surface area contributed by atoms with Crippen molar-refractivity contribution in [3.8, 4) is 0 Å². The molecular weight excluding hydrogens is 386 g/mol. The minimum atomic E-state index is -0.465. The number of hydrogen-bond acceptors (Lipinski definition) is 4. The molecule has 0 radical (unpaired) electrons. The van der Waals surface area contributed by atoms with Crippen LogP contribution in [-0.4, -0.2) is 15.7 Å². The first-order chi connectivity index (χ1) is 12.1. The van der Waals surface area contributed by atoms with Gasteiger partial charge in [-0.1, -0.05) is 28.1 Å². The van der Waals surface area contributed by atoms with Gasteiger partial charge in [-0.2, -0.15) is 5.10 Å².